The van der Waals surface area contributed by atoms with E-state index in [1.54, 1.807) is 35.3 Å². The van der Waals surface area contributed by atoms with Gasteiger partial charge in [-0.1, -0.05) is 0 Å². The highest BCUT2D eigenvalue weighted by atomic mass is 16.1. The summed E-state index contributed by atoms with van der Waals surface area (Å²) in [5.74, 6) is -0.0312. The largest absolute Gasteiger partial charge is 0.318 e. The average molecular weight is 281 g/mol. The fourth-order valence-corrected chi connectivity index (χ4v) is 2.45. The Balaban J connectivity index is 2.23. The van der Waals surface area contributed by atoms with E-state index in [0.717, 1.165) is 16.8 Å². The molecule has 3 aromatic rings. The lowest BCUT2D eigenvalue weighted by Crippen LogP contribution is -2.18. The van der Waals surface area contributed by atoms with Crippen molar-refractivity contribution in [1.29, 1.82) is 0 Å². The molecule has 0 fully saturated rings. The van der Waals surface area contributed by atoms with Crippen molar-refractivity contribution in [3.63, 3.8) is 0 Å². The number of aromatic nitrogens is 3. The van der Waals surface area contributed by atoms with Crippen molar-refractivity contribution in [1.82, 2.24) is 14.0 Å². The maximum atomic E-state index is 11.8. The molecule has 21 heavy (non-hydrogen) atoms. The van der Waals surface area contributed by atoms with E-state index in [9.17, 15) is 9.59 Å². The van der Waals surface area contributed by atoms with Gasteiger partial charge in [0.2, 0.25) is 0 Å². The van der Waals surface area contributed by atoms with Crippen LogP contribution in [0.4, 0.5) is 0 Å². The molecule has 5 heteroatoms. The summed E-state index contributed by atoms with van der Waals surface area (Å²) in [7, 11) is 1.73. The number of hydrogen-bond donors (Lipinski definition) is 0. The molecule has 3 aromatic heterocycles. The second-order valence-corrected chi connectivity index (χ2v) is 5.17. The van der Waals surface area contributed by atoms with E-state index in [1.807, 2.05) is 24.4 Å². The van der Waals surface area contributed by atoms with Crippen LogP contribution in [0.25, 0.3) is 16.8 Å². The highest BCUT2D eigenvalue weighted by Gasteiger charge is 2.09. The van der Waals surface area contributed by atoms with Crippen LogP contribution < -0.4 is 5.56 Å². The van der Waals surface area contributed by atoms with Crippen LogP contribution in [-0.4, -0.2) is 19.7 Å². The highest BCUT2D eigenvalue weighted by Crippen LogP contribution is 2.20. The summed E-state index contributed by atoms with van der Waals surface area (Å²) in [6.45, 7) is 3.31. The number of imidazole rings is 1. The Hall–Kier alpha value is -2.69. The minimum atomic E-state index is -0.0312. The van der Waals surface area contributed by atoms with Crippen molar-refractivity contribution in [3.05, 3.63) is 58.4 Å². The van der Waals surface area contributed by atoms with Gasteiger partial charge >= 0.3 is 0 Å². The van der Waals surface area contributed by atoms with Gasteiger partial charge in [0.1, 0.15) is 11.3 Å². The van der Waals surface area contributed by atoms with Crippen LogP contribution in [0.15, 0.2) is 41.6 Å². The van der Waals surface area contributed by atoms with E-state index in [-0.39, 0.29) is 11.3 Å². The SMILES string of the molecule is CC(=O)c1cnc2ccc(-c3cc(C)c(=O)n(C)c3)cn12. The monoisotopic (exact) mass is 281 g/mol. The number of carbonyl (C=O) groups is 1. The molecule has 3 heterocycles. The zero-order chi connectivity index (χ0) is 15.1. The van der Waals surface area contributed by atoms with Crippen LogP contribution in [0.3, 0.4) is 0 Å². The first-order valence-electron chi connectivity index (χ1n) is 6.63. The van der Waals surface area contributed by atoms with Crippen molar-refractivity contribution in [2.45, 2.75) is 13.8 Å². The number of nitrogens with zero attached hydrogens (tertiary/aromatic N) is 3. The molecule has 106 valence electrons. The summed E-state index contributed by atoms with van der Waals surface area (Å²) in [5, 5.41) is 0. The lowest BCUT2D eigenvalue weighted by Gasteiger charge is -2.07. The van der Waals surface area contributed by atoms with E-state index in [0.29, 0.717) is 11.3 Å². The normalized spacial score (nSPS) is 11.0. The van der Waals surface area contributed by atoms with Crippen molar-refractivity contribution in [2.75, 3.05) is 0 Å². The van der Waals surface area contributed by atoms with E-state index in [1.165, 1.54) is 6.92 Å². The van der Waals surface area contributed by atoms with Gasteiger partial charge in [0.05, 0.1) is 6.20 Å². The molecule has 3 rings (SSSR count). The van der Waals surface area contributed by atoms with Crippen LogP contribution >= 0.6 is 0 Å². The van der Waals surface area contributed by atoms with Gasteiger partial charge in [-0.3, -0.25) is 14.0 Å². The second kappa shape index (κ2) is 4.70. The van der Waals surface area contributed by atoms with Crippen molar-refractivity contribution >= 4 is 11.4 Å². The summed E-state index contributed by atoms with van der Waals surface area (Å²) in [6, 6.07) is 5.65. The third-order valence-corrected chi connectivity index (χ3v) is 3.56. The van der Waals surface area contributed by atoms with E-state index in [4.69, 9.17) is 0 Å². The Morgan fingerprint density at radius 1 is 1.19 bits per heavy atom. The maximum Gasteiger partial charge on any atom is 0.253 e. The number of Topliss-reactive ketones (excluding diaryl/α,β-unsaturated/α-hetero) is 1. The Morgan fingerprint density at radius 2 is 1.95 bits per heavy atom. The molecule has 5 nitrogen and oxygen atoms in total. The predicted molar refractivity (Wildman–Crippen MR) is 80.6 cm³/mol. The van der Waals surface area contributed by atoms with Gasteiger partial charge in [0.15, 0.2) is 5.78 Å². The van der Waals surface area contributed by atoms with Crippen molar-refractivity contribution < 1.29 is 4.79 Å². The first-order valence-corrected chi connectivity index (χ1v) is 6.63. The molecule has 0 radical (unpaired) electrons. The lowest BCUT2D eigenvalue weighted by atomic mass is 10.1. The molecule has 0 aromatic carbocycles. The van der Waals surface area contributed by atoms with Crippen LogP contribution in [0.2, 0.25) is 0 Å². The minimum absolute atomic E-state index is 0.00751. The smallest absolute Gasteiger partial charge is 0.253 e. The lowest BCUT2D eigenvalue weighted by molar-refractivity contribution is 0.101. The van der Waals surface area contributed by atoms with Crippen molar-refractivity contribution in [3.8, 4) is 11.1 Å². The Labute approximate surface area is 121 Å². The Kier molecular flexibility index (Phi) is 2.97. The number of rotatable bonds is 2. The quantitative estimate of drug-likeness (QED) is 0.677. The van der Waals surface area contributed by atoms with E-state index >= 15 is 0 Å². The zero-order valence-electron chi connectivity index (χ0n) is 12.1. The number of fused-ring (bicyclic) bond motifs is 1. The molecule has 0 aliphatic carbocycles. The molecule has 0 aliphatic heterocycles. The number of ketones is 1. The molecule has 0 unspecified atom stereocenters. The molecular weight excluding hydrogens is 266 g/mol. The molecule has 0 saturated heterocycles. The third kappa shape index (κ3) is 2.16. The molecular formula is C16H15N3O2. The fourth-order valence-electron chi connectivity index (χ4n) is 2.45. The Morgan fingerprint density at radius 3 is 2.62 bits per heavy atom. The highest BCUT2D eigenvalue weighted by molar-refractivity contribution is 5.93. The van der Waals surface area contributed by atoms with Gasteiger partial charge in [-0.15, -0.1) is 0 Å². The van der Waals surface area contributed by atoms with Crippen LogP contribution in [-0.2, 0) is 7.05 Å². The standard InChI is InChI=1S/C16H15N3O2/c1-10-6-13(8-18(3)16(10)21)12-4-5-15-17-7-14(11(2)20)19(15)9-12/h4-9H,1-3H3. The average Bonchev–Trinajstić information content (AvgIpc) is 2.87. The topological polar surface area (TPSA) is 56.4 Å². The summed E-state index contributed by atoms with van der Waals surface area (Å²) in [6.07, 6.45) is 5.24. The number of pyridine rings is 2. The van der Waals surface area contributed by atoms with Crippen molar-refractivity contribution in [2.24, 2.45) is 7.05 Å². The molecule has 0 amide bonds. The third-order valence-electron chi connectivity index (χ3n) is 3.56. The van der Waals surface area contributed by atoms with Crippen LogP contribution in [0.1, 0.15) is 23.0 Å². The molecule has 0 bridgehead atoms. The van der Waals surface area contributed by atoms with Gasteiger partial charge in [0.25, 0.3) is 5.56 Å². The van der Waals surface area contributed by atoms with Gasteiger partial charge < -0.3 is 4.57 Å². The van der Waals surface area contributed by atoms with Gasteiger partial charge in [-0.05, 0) is 36.2 Å². The van der Waals surface area contributed by atoms with Gasteiger partial charge in [0, 0.05) is 31.9 Å². The molecule has 0 N–H and O–H groups in total. The molecule has 0 atom stereocenters. The van der Waals surface area contributed by atoms with Crippen LogP contribution in [0.5, 0.6) is 0 Å². The van der Waals surface area contributed by atoms with E-state index < -0.39 is 0 Å². The summed E-state index contributed by atoms with van der Waals surface area (Å²) >= 11 is 0. The number of aryl methyl sites for hydroxylation is 2. The first-order chi connectivity index (χ1) is 9.97. The number of carbonyl (C=O) groups excluding carboxylic acids is 1. The van der Waals surface area contributed by atoms with Crippen LogP contribution in [0, 0.1) is 6.92 Å². The summed E-state index contributed by atoms with van der Waals surface area (Å²) < 4.78 is 3.34. The second-order valence-electron chi connectivity index (χ2n) is 5.17. The summed E-state index contributed by atoms with van der Waals surface area (Å²) in [4.78, 5) is 27.6. The maximum absolute atomic E-state index is 11.8. The summed E-state index contributed by atoms with van der Waals surface area (Å²) in [5.41, 5.74) is 3.82. The van der Waals surface area contributed by atoms with Gasteiger partial charge in [-0.2, -0.15) is 0 Å². The zero-order valence-corrected chi connectivity index (χ0v) is 12.1. The fraction of sp³-hybridized carbons (Fsp3) is 0.188. The van der Waals surface area contributed by atoms with Gasteiger partial charge in [-0.25, -0.2) is 4.98 Å². The predicted octanol–water partition coefficient (Wildman–Crippen LogP) is 2.21. The molecule has 0 aliphatic rings. The molecule has 0 saturated carbocycles. The molecule has 0 spiro atoms. The van der Waals surface area contributed by atoms with E-state index in [2.05, 4.69) is 4.98 Å². The Bertz CT molecular complexity index is 893. The number of hydrogen-bond acceptors (Lipinski definition) is 3. The first kappa shape index (κ1) is 13.3. The minimum Gasteiger partial charge on any atom is -0.318 e.